The average molecular weight is 269 g/mol. The highest BCUT2D eigenvalue weighted by Crippen LogP contribution is 2.19. The number of aryl methyl sites for hydroxylation is 1. The molecule has 15 heavy (non-hydrogen) atoms. The minimum absolute atomic E-state index is 0.155. The Balaban J connectivity index is 2.55. The van der Waals surface area contributed by atoms with Gasteiger partial charge >= 0.3 is 0 Å². The van der Waals surface area contributed by atoms with Gasteiger partial charge in [0.2, 0.25) is 0 Å². The van der Waals surface area contributed by atoms with E-state index in [1.54, 1.807) is 0 Å². The smallest absolute Gasteiger partial charge is 0.0842 e. The van der Waals surface area contributed by atoms with Crippen LogP contribution in [0.5, 0.6) is 0 Å². The van der Waals surface area contributed by atoms with Crippen molar-refractivity contribution in [2.75, 3.05) is 11.9 Å². The maximum absolute atomic E-state index is 9.36. The summed E-state index contributed by atoms with van der Waals surface area (Å²) < 4.78 is 1.03. The van der Waals surface area contributed by atoms with E-state index in [0.29, 0.717) is 6.54 Å². The molecule has 1 rings (SSSR count). The average Bonchev–Trinajstić information content (AvgIpc) is 2.17. The number of aliphatic hydroxyl groups excluding tert-OH is 1. The second kappa shape index (κ2) is 5.74. The zero-order valence-electron chi connectivity index (χ0n) is 8.50. The number of rotatable bonds is 4. The van der Waals surface area contributed by atoms with Crippen molar-refractivity contribution in [2.24, 2.45) is 0 Å². The van der Waals surface area contributed by atoms with Crippen LogP contribution in [0.3, 0.4) is 0 Å². The van der Waals surface area contributed by atoms with E-state index >= 15 is 0 Å². The largest absolute Gasteiger partial charge is 0.390 e. The van der Waals surface area contributed by atoms with Crippen LogP contribution in [0.1, 0.15) is 12.0 Å². The minimum Gasteiger partial charge on any atom is -0.390 e. The highest BCUT2D eigenvalue weighted by atomic mass is 79.9. The lowest BCUT2D eigenvalue weighted by molar-refractivity contribution is 0.193. The Morgan fingerprint density at radius 3 is 2.93 bits per heavy atom. The SMILES string of the molecule is Cc1cc(Br)ccc1NCC(O)CC#N. The Morgan fingerprint density at radius 2 is 2.33 bits per heavy atom. The first-order valence-corrected chi connectivity index (χ1v) is 5.48. The van der Waals surface area contributed by atoms with Gasteiger partial charge in [-0.2, -0.15) is 5.26 Å². The molecule has 0 radical (unpaired) electrons. The summed E-state index contributed by atoms with van der Waals surface area (Å²) in [6.45, 7) is 2.39. The van der Waals surface area contributed by atoms with Gasteiger partial charge in [0.05, 0.1) is 18.6 Å². The van der Waals surface area contributed by atoms with Crippen LogP contribution in [-0.2, 0) is 0 Å². The summed E-state index contributed by atoms with van der Waals surface area (Å²) in [4.78, 5) is 0. The Bertz CT molecular complexity index is 373. The molecule has 0 saturated carbocycles. The minimum atomic E-state index is -0.613. The van der Waals surface area contributed by atoms with Crippen LogP contribution >= 0.6 is 15.9 Å². The zero-order valence-corrected chi connectivity index (χ0v) is 10.1. The summed E-state index contributed by atoms with van der Waals surface area (Å²) >= 11 is 3.38. The van der Waals surface area contributed by atoms with Gasteiger partial charge in [0.15, 0.2) is 0 Å². The molecule has 0 spiro atoms. The lowest BCUT2D eigenvalue weighted by Gasteiger charge is -2.12. The van der Waals surface area contributed by atoms with Crippen LogP contribution in [-0.4, -0.2) is 17.8 Å². The van der Waals surface area contributed by atoms with Crippen molar-refractivity contribution in [1.29, 1.82) is 5.26 Å². The van der Waals surface area contributed by atoms with E-state index in [1.165, 1.54) is 0 Å². The van der Waals surface area contributed by atoms with E-state index in [0.717, 1.165) is 15.7 Å². The van der Waals surface area contributed by atoms with Gasteiger partial charge in [-0.3, -0.25) is 0 Å². The van der Waals surface area contributed by atoms with E-state index in [2.05, 4.69) is 21.2 Å². The molecule has 0 saturated heterocycles. The van der Waals surface area contributed by atoms with Crippen molar-refractivity contribution >= 4 is 21.6 Å². The molecule has 0 aromatic heterocycles. The summed E-state index contributed by atoms with van der Waals surface area (Å²) in [7, 11) is 0. The van der Waals surface area contributed by atoms with Gasteiger partial charge in [0.1, 0.15) is 0 Å². The lowest BCUT2D eigenvalue weighted by atomic mass is 10.2. The Hall–Kier alpha value is -1.05. The molecule has 1 atom stereocenters. The normalized spacial score (nSPS) is 11.9. The Kier molecular flexibility index (Phi) is 4.60. The van der Waals surface area contributed by atoms with Crippen LogP contribution in [0.15, 0.2) is 22.7 Å². The third kappa shape index (κ3) is 3.90. The van der Waals surface area contributed by atoms with Crippen molar-refractivity contribution in [3.8, 4) is 6.07 Å². The van der Waals surface area contributed by atoms with Gasteiger partial charge < -0.3 is 10.4 Å². The molecule has 0 aliphatic heterocycles. The quantitative estimate of drug-likeness (QED) is 0.882. The van der Waals surface area contributed by atoms with Crippen LogP contribution in [0.2, 0.25) is 0 Å². The number of hydrogen-bond acceptors (Lipinski definition) is 3. The van der Waals surface area contributed by atoms with Crippen LogP contribution in [0, 0.1) is 18.3 Å². The number of nitrogens with one attached hydrogen (secondary N) is 1. The fraction of sp³-hybridized carbons (Fsp3) is 0.364. The number of anilines is 1. The molecule has 0 aliphatic carbocycles. The molecular weight excluding hydrogens is 256 g/mol. The summed E-state index contributed by atoms with van der Waals surface area (Å²) in [5.41, 5.74) is 2.09. The number of hydrogen-bond donors (Lipinski definition) is 2. The monoisotopic (exact) mass is 268 g/mol. The van der Waals surface area contributed by atoms with Gasteiger partial charge in [0, 0.05) is 16.7 Å². The second-order valence-corrected chi connectivity index (χ2v) is 4.27. The fourth-order valence-electron chi connectivity index (χ4n) is 1.23. The van der Waals surface area contributed by atoms with E-state index in [1.807, 2.05) is 31.2 Å². The van der Waals surface area contributed by atoms with Crippen molar-refractivity contribution in [3.05, 3.63) is 28.2 Å². The van der Waals surface area contributed by atoms with Gasteiger partial charge in [-0.1, -0.05) is 15.9 Å². The molecule has 1 unspecified atom stereocenters. The molecule has 1 aromatic carbocycles. The fourth-order valence-corrected chi connectivity index (χ4v) is 1.71. The summed E-state index contributed by atoms with van der Waals surface area (Å²) in [6.07, 6.45) is -0.458. The Labute approximate surface area is 97.9 Å². The molecular formula is C11H13BrN2O. The van der Waals surface area contributed by atoms with E-state index in [4.69, 9.17) is 5.26 Å². The van der Waals surface area contributed by atoms with E-state index in [9.17, 15) is 5.11 Å². The molecule has 0 bridgehead atoms. The standard InChI is InChI=1S/C11H13BrN2O/c1-8-6-9(12)2-3-11(8)14-7-10(15)4-5-13/h2-3,6,10,14-15H,4,7H2,1H3. The third-order valence-corrected chi connectivity index (χ3v) is 2.54. The van der Waals surface area contributed by atoms with Gasteiger partial charge in [0.25, 0.3) is 0 Å². The van der Waals surface area contributed by atoms with Crippen molar-refractivity contribution in [2.45, 2.75) is 19.4 Å². The first kappa shape index (κ1) is 12.0. The lowest BCUT2D eigenvalue weighted by Crippen LogP contribution is -2.19. The van der Waals surface area contributed by atoms with Crippen molar-refractivity contribution in [3.63, 3.8) is 0 Å². The number of nitrogens with zero attached hydrogens (tertiary/aromatic N) is 1. The summed E-state index contributed by atoms with van der Waals surface area (Å²) in [6, 6.07) is 7.81. The topological polar surface area (TPSA) is 56.0 Å². The molecule has 0 fully saturated rings. The van der Waals surface area contributed by atoms with E-state index < -0.39 is 6.10 Å². The molecule has 4 heteroatoms. The summed E-state index contributed by atoms with van der Waals surface area (Å²) in [5, 5.41) is 20.8. The van der Waals surface area contributed by atoms with Crippen molar-refractivity contribution in [1.82, 2.24) is 0 Å². The van der Waals surface area contributed by atoms with Gasteiger partial charge in [-0.15, -0.1) is 0 Å². The highest BCUT2D eigenvalue weighted by Gasteiger charge is 2.04. The first-order chi connectivity index (χ1) is 7.13. The predicted octanol–water partition coefficient (Wildman–Crippen LogP) is 2.44. The van der Waals surface area contributed by atoms with Gasteiger partial charge in [-0.05, 0) is 30.7 Å². The van der Waals surface area contributed by atoms with Gasteiger partial charge in [-0.25, -0.2) is 0 Å². The molecule has 2 N–H and O–H groups in total. The maximum Gasteiger partial charge on any atom is 0.0842 e. The molecule has 80 valence electrons. The number of nitriles is 1. The zero-order chi connectivity index (χ0) is 11.3. The maximum atomic E-state index is 9.36. The molecule has 3 nitrogen and oxygen atoms in total. The first-order valence-electron chi connectivity index (χ1n) is 4.68. The van der Waals surface area contributed by atoms with Crippen LogP contribution in [0.4, 0.5) is 5.69 Å². The molecule has 0 amide bonds. The predicted molar refractivity (Wildman–Crippen MR) is 63.6 cm³/mol. The van der Waals surface area contributed by atoms with Crippen molar-refractivity contribution < 1.29 is 5.11 Å². The number of halogens is 1. The number of benzene rings is 1. The number of aliphatic hydroxyl groups is 1. The molecule has 0 heterocycles. The molecule has 1 aromatic rings. The Morgan fingerprint density at radius 1 is 1.60 bits per heavy atom. The van der Waals surface area contributed by atoms with Crippen LogP contribution in [0.25, 0.3) is 0 Å². The third-order valence-electron chi connectivity index (χ3n) is 2.04. The van der Waals surface area contributed by atoms with E-state index in [-0.39, 0.29) is 6.42 Å². The van der Waals surface area contributed by atoms with Crippen LogP contribution < -0.4 is 5.32 Å². The highest BCUT2D eigenvalue weighted by molar-refractivity contribution is 9.10. The molecule has 0 aliphatic rings. The second-order valence-electron chi connectivity index (χ2n) is 3.36. The summed E-state index contributed by atoms with van der Waals surface area (Å²) in [5.74, 6) is 0.